The number of hydrogen-bond donors (Lipinski definition) is 4. The van der Waals surface area contributed by atoms with E-state index in [0.717, 1.165) is 0 Å². The van der Waals surface area contributed by atoms with E-state index in [-0.39, 0.29) is 5.75 Å². The number of aromatic nitrogens is 1. The molecule has 6 heteroatoms. The molecule has 2 rings (SSSR count). The zero-order valence-corrected chi connectivity index (χ0v) is 10.5. The molecule has 0 radical (unpaired) electrons. The van der Waals surface area contributed by atoms with Gasteiger partial charge in [0, 0.05) is 11.1 Å². The first kappa shape index (κ1) is 12.9. The lowest BCUT2D eigenvalue weighted by molar-refractivity contribution is -0.138. The van der Waals surface area contributed by atoms with Crippen molar-refractivity contribution >= 4 is 22.8 Å². The largest absolute Gasteiger partial charge is 0.506 e. The number of aromatic amines is 1. The van der Waals surface area contributed by atoms with Gasteiger partial charge in [0.15, 0.2) is 0 Å². The lowest BCUT2D eigenvalue weighted by atomic mass is 10.1. The second kappa shape index (κ2) is 4.64. The highest BCUT2D eigenvalue weighted by molar-refractivity contribution is 6.10. The summed E-state index contributed by atoms with van der Waals surface area (Å²) >= 11 is 0. The molecule has 1 heterocycles. The molecule has 0 aliphatic rings. The molecule has 100 valence electrons. The van der Waals surface area contributed by atoms with Crippen LogP contribution in [0.2, 0.25) is 0 Å². The summed E-state index contributed by atoms with van der Waals surface area (Å²) in [5, 5.41) is 21.5. The fourth-order valence-corrected chi connectivity index (χ4v) is 1.95. The van der Waals surface area contributed by atoms with Crippen molar-refractivity contribution in [2.75, 3.05) is 0 Å². The van der Waals surface area contributed by atoms with Crippen LogP contribution < -0.4 is 5.32 Å². The Labute approximate surface area is 109 Å². The second-order valence-electron chi connectivity index (χ2n) is 4.36. The molecular weight excluding hydrogens is 248 g/mol. The smallest absolute Gasteiger partial charge is 0.325 e. The third kappa shape index (κ3) is 2.24. The highest BCUT2D eigenvalue weighted by Gasteiger charge is 2.21. The zero-order chi connectivity index (χ0) is 14.2. The normalized spacial score (nSPS) is 12.3. The summed E-state index contributed by atoms with van der Waals surface area (Å²) in [4.78, 5) is 25.8. The Bertz CT molecular complexity index is 660. The Balaban J connectivity index is 2.45. The number of para-hydroxylation sites is 1. The molecule has 4 N–H and O–H groups in total. The van der Waals surface area contributed by atoms with Gasteiger partial charge in [0.25, 0.3) is 5.91 Å². The van der Waals surface area contributed by atoms with E-state index >= 15 is 0 Å². The van der Waals surface area contributed by atoms with Crippen molar-refractivity contribution in [1.82, 2.24) is 10.3 Å². The first-order valence-corrected chi connectivity index (χ1v) is 5.75. The van der Waals surface area contributed by atoms with Crippen LogP contribution in [0.15, 0.2) is 18.2 Å². The molecule has 0 fully saturated rings. The van der Waals surface area contributed by atoms with E-state index < -0.39 is 17.9 Å². The number of phenolic OH excluding ortho intramolecular Hbond substituents is 1. The maximum absolute atomic E-state index is 12.1. The Hall–Kier alpha value is -2.50. The summed E-state index contributed by atoms with van der Waals surface area (Å²) in [6.07, 6.45) is 0. The molecule has 1 amide bonds. The standard InChI is InChI=1S/C13H14N2O4/c1-6-10(12(17)15-7(2)13(18)19)8-4-3-5-9(16)11(8)14-6/h3-5,7,14,16H,1-2H3,(H,15,17)(H,18,19)/t7-/m0/s1. The number of hydrogen-bond acceptors (Lipinski definition) is 3. The summed E-state index contributed by atoms with van der Waals surface area (Å²) in [6.45, 7) is 3.08. The average Bonchev–Trinajstić information content (AvgIpc) is 2.66. The minimum atomic E-state index is -1.10. The first-order valence-electron chi connectivity index (χ1n) is 5.75. The van der Waals surface area contributed by atoms with Gasteiger partial charge in [-0.05, 0) is 19.9 Å². The van der Waals surface area contributed by atoms with Gasteiger partial charge in [-0.15, -0.1) is 0 Å². The highest BCUT2D eigenvalue weighted by Crippen LogP contribution is 2.28. The summed E-state index contributed by atoms with van der Waals surface area (Å²) in [6, 6.07) is 3.86. The fourth-order valence-electron chi connectivity index (χ4n) is 1.95. The Kier molecular flexibility index (Phi) is 3.16. The number of carbonyl (C=O) groups is 2. The van der Waals surface area contributed by atoms with Gasteiger partial charge >= 0.3 is 5.97 Å². The first-order chi connectivity index (χ1) is 8.91. The van der Waals surface area contributed by atoms with Gasteiger partial charge < -0.3 is 20.5 Å². The van der Waals surface area contributed by atoms with Gasteiger partial charge in [-0.3, -0.25) is 9.59 Å². The maximum atomic E-state index is 12.1. The molecular formula is C13H14N2O4. The number of carboxylic acid groups (broad SMARTS) is 1. The van der Waals surface area contributed by atoms with E-state index in [4.69, 9.17) is 5.11 Å². The number of H-pyrrole nitrogens is 1. The third-order valence-electron chi connectivity index (χ3n) is 2.94. The minimum Gasteiger partial charge on any atom is -0.506 e. The predicted molar refractivity (Wildman–Crippen MR) is 69.3 cm³/mol. The van der Waals surface area contributed by atoms with Crippen molar-refractivity contribution in [1.29, 1.82) is 0 Å². The Morgan fingerprint density at radius 3 is 2.68 bits per heavy atom. The number of benzene rings is 1. The molecule has 0 aliphatic heterocycles. The topological polar surface area (TPSA) is 102 Å². The maximum Gasteiger partial charge on any atom is 0.325 e. The molecule has 0 aliphatic carbocycles. The fraction of sp³-hybridized carbons (Fsp3) is 0.231. The predicted octanol–water partition coefficient (Wildman–Crippen LogP) is 1.38. The summed E-state index contributed by atoms with van der Waals surface area (Å²) in [5.74, 6) is -1.54. The summed E-state index contributed by atoms with van der Waals surface area (Å²) in [5.41, 5.74) is 1.39. The van der Waals surface area contributed by atoms with Gasteiger partial charge in [-0.1, -0.05) is 12.1 Å². The molecule has 1 aromatic carbocycles. The van der Waals surface area contributed by atoms with Crippen molar-refractivity contribution in [2.24, 2.45) is 0 Å². The van der Waals surface area contributed by atoms with Crippen LogP contribution >= 0.6 is 0 Å². The molecule has 0 saturated carbocycles. The van der Waals surface area contributed by atoms with E-state index in [0.29, 0.717) is 22.2 Å². The van der Waals surface area contributed by atoms with Crippen LogP contribution in [0.5, 0.6) is 5.75 Å². The third-order valence-corrected chi connectivity index (χ3v) is 2.94. The van der Waals surface area contributed by atoms with Crippen LogP contribution in [0.3, 0.4) is 0 Å². The number of rotatable bonds is 3. The molecule has 2 aromatic rings. The van der Waals surface area contributed by atoms with Crippen LogP contribution in [0.1, 0.15) is 23.0 Å². The molecule has 1 atom stereocenters. The summed E-state index contributed by atoms with van der Waals surface area (Å²) < 4.78 is 0. The van der Waals surface area contributed by atoms with Gasteiger partial charge in [-0.2, -0.15) is 0 Å². The quantitative estimate of drug-likeness (QED) is 0.671. The number of fused-ring (bicyclic) bond motifs is 1. The lowest BCUT2D eigenvalue weighted by Crippen LogP contribution is -2.38. The van der Waals surface area contributed by atoms with Gasteiger partial charge in [0.05, 0.1) is 11.1 Å². The van der Waals surface area contributed by atoms with Crippen LogP contribution in [-0.2, 0) is 4.79 Å². The van der Waals surface area contributed by atoms with Gasteiger partial charge in [-0.25, -0.2) is 0 Å². The number of aliphatic carboxylic acids is 1. The highest BCUT2D eigenvalue weighted by atomic mass is 16.4. The number of aromatic hydroxyl groups is 1. The van der Waals surface area contributed by atoms with Gasteiger partial charge in [0.1, 0.15) is 11.8 Å². The van der Waals surface area contributed by atoms with Crippen molar-refractivity contribution in [3.63, 3.8) is 0 Å². The van der Waals surface area contributed by atoms with E-state index in [9.17, 15) is 14.7 Å². The van der Waals surface area contributed by atoms with Crippen molar-refractivity contribution in [3.8, 4) is 5.75 Å². The monoisotopic (exact) mass is 262 g/mol. The molecule has 6 nitrogen and oxygen atoms in total. The molecule has 19 heavy (non-hydrogen) atoms. The Morgan fingerprint density at radius 1 is 1.37 bits per heavy atom. The molecule has 0 bridgehead atoms. The average molecular weight is 262 g/mol. The van der Waals surface area contributed by atoms with Crippen molar-refractivity contribution in [3.05, 3.63) is 29.5 Å². The Morgan fingerprint density at radius 2 is 2.05 bits per heavy atom. The molecule has 0 unspecified atom stereocenters. The van der Waals surface area contributed by atoms with Crippen LogP contribution in [0.4, 0.5) is 0 Å². The summed E-state index contributed by atoms with van der Waals surface area (Å²) in [7, 11) is 0. The van der Waals surface area contributed by atoms with E-state index in [1.165, 1.54) is 13.0 Å². The van der Waals surface area contributed by atoms with Crippen molar-refractivity contribution < 1.29 is 19.8 Å². The van der Waals surface area contributed by atoms with Crippen LogP contribution in [0.25, 0.3) is 10.9 Å². The van der Waals surface area contributed by atoms with E-state index in [1.807, 2.05) is 0 Å². The van der Waals surface area contributed by atoms with Crippen molar-refractivity contribution in [2.45, 2.75) is 19.9 Å². The lowest BCUT2D eigenvalue weighted by Gasteiger charge is -2.09. The van der Waals surface area contributed by atoms with Crippen LogP contribution in [0, 0.1) is 6.92 Å². The SMILES string of the molecule is Cc1[nH]c2c(O)cccc2c1C(=O)N[C@@H](C)C(=O)O. The minimum absolute atomic E-state index is 0.0472. The van der Waals surface area contributed by atoms with Gasteiger partial charge in [0.2, 0.25) is 0 Å². The van der Waals surface area contributed by atoms with E-state index in [2.05, 4.69) is 10.3 Å². The molecule has 0 saturated heterocycles. The number of aryl methyl sites for hydroxylation is 1. The number of phenols is 1. The molecule has 0 spiro atoms. The zero-order valence-electron chi connectivity index (χ0n) is 10.5. The number of carbonyl (C=O) groups excluding carboxylic acids is 1. The molecule has 1 aromatic heterocycles. The van der Waals surface area contributed by atoms with E-state index in [1.54, 1.807) is 19.1 Å². The number of nitrogens with one attached hydrogen (secondary N) is 2. The number of amides is 1. The number of carboxylic acids is 1. The van der Waals surface area contributed by atoms with Crippen LogP contribution in [-0.4, -0.2) is 33.1 Å². The second-order valence-corrected chi connectivity index (χ2v) is 4.36.